The first-order valence-corrected chi connectivity index (χ1v) is 9.80. The van der Waals surface area contributed by atoms with Gasteiger partial charge in [0.2, 0.25) is 11.8 Å². The van der Waals surface area contributed by atoms with Gasteiger partial charge in [0.1, 0.15) is 11.5 Å². The van der Waals surface area contributed by atoms with Gasteiger partial charge in [0.25, 0.3) is 0 Å². The summed E-state index contributed by atoms with van der Waals surface area (Å²) < 4.78 is 5.75. The lowest BCUT2D eigenvalue weighted by molar-refractivity contribution is -0.116. The van der Waals surface area contributed by atoms with Crippen LogP contribution >= 0.6 is 0 Å². The Bertz CT molecular complexity index is 1000. The van der Waals surface area contributed by atoms with E-state index < -0.39 is 0 Å². The van der Waals surface area contributed by atoms with Crippen LogP contribution < -0.4 is 20.7 Å². The van der Waals surface area contributed by atoms with Gasteiger partial charge >= 0.3 is 0 Å². The number of para-hydroxylation sites is 1. The molecule has 3 aromatic rings. The fourth-order valence-corrected chi connectivity index (χ4v) is 2.72. The van der Waals surface area contributed by atoms with Crippen LogP contribution in [0.25, 0.3) is 0 Å². The van der Waals surface area contributed by atoms with Gasteiger partial charge in [0, 0.05) is 23.5 Å². The summed E-state index contributed by atoms with van der Waals surface area (Å²) in [6.07, 6.45) is 0.411. The van der Waals surface area contributed by atoms with Crippen molar-refractivity contribution >= 4 is 28.9 Å². The molecule has 0 saturated carbocycles. The highest BCUT2D eigenvalue weighted by Gasteiger charge is 2.07. The quantitative estimate of drug-likeness (QED) is 0.484. The standard InChI is InChI=1S/C24H25N3O3/c1-3-23(28)27-22-15-19(10-9-17(22)2)25-16-24(29)26-18-11-13-21(14-12-18)30-20-7-5-4-6-8-20/h4-15,25H,3,16H2,1-2H3,(H,26,29)(H,27,28). The third kappa shape index (κ3) is 6.10. The molecule has 0 spiro atoms. The molecular weight excluding hydrogens is 378 g/mol. The Morgan fingerprint density at radius 3 is 2.17 bits per heavy atom. The van der Waals surface area contributed by atoms with Crippen LogP contribution in [0.2, 0.25) is 0 Å². The summed E-state index contributed by atoms with van der Waals surface area (Å²) in [5.74, 6) is 1.23. The lowest BCUT2D eigenvalue weighted by Gasteiger charge is -2.12. The summed E-state index contributed by atoms with van der Waals surface area (Å²) in [5, 5.41) is 8.78. The number of benzene rings is 3. The SMILES string of the molecule is CCC(=O)Nc1cc(NCC(=O)Nc2ccc(Oc3ccccc3)cc2)ccc1C. The highest BCUT2D eigenvalue weighted by molar-refractivity contribution is 5.94. The molecule has 0 fully saturated rings. The van der Waals surface area contributed by atoms with Crippen LogP contribution in [0.1, 0.15) is 18.9 Å². The summed E-state index contributed by atoms with van der Waals surface area (Å²) in [6.45, 7) is 3.83. The highest BCUT2D eigenvalue weighted by Crippen LogP contribution is 2.23. The predicted octanol–water partition coefficient (Wildman–Crippen LogP) is 5.19. The summed E-state index contributed by atoms with van der Waals surface area (Å²) in [4.78, 5) is 23.9. The van der Waals surface area contributed by atoms with Gasteiger partial charge in [-0.3, -0.25) is 9.59 Å². The fourth-order valence-electron chi connectivity index (χ4n) is 2.72. The van der Waals surface area contributed by atoms with E-state index in [2.05, 4.69) is 16.0 Å². The van der Waals surface area contributed by atoms with Gasteiger partial charge in [-0.05, 0) is 61.0 Å². The molecule has 0 unspecified atom stereocenters. The third-order valence-electron chi connectivity index (χ3n) is 4.40. The topological polar surface area (TPSA) is 79.5 Å². The van der Waals surface area contributed by atoms with Crippen LogP contribution in [0.15, 0.2) is 72.8 Å². The van der Waals surface area contributed by atoms with Crippen LogP contribution in [-0.4, -0.2) is 18.4 Å². The Kier molecular flexibility index (Phi) is 7.05. The lowest BCUT2D eigenvalue weighted by Crippen LogP contribution is -2.21. The summed E-state index contributed by atoms with van der Waals surface area (Å²) in [6, 6.07) is 22.3. The zero-order valence-corrected chi connectivity index (χ0v) is 17.1. The molecule has 2 amide bonds. The molecule has 0 bridgehead atoms. The second-order valence-electron chi connectivity index (χ2n) is 6.77. The molecule has 0 aliphatic carbocycles. The molecule has 6 heteroatoms. The van der Waals surface area contributed by atoms with E-state index in [1.54, 1.807) is 31.2 Å². The number of rotatable bonds is 8. The first-order valence-electron chi connectivity index (χ1n) is 9.80. The Morgan fingerprint density at radius 2 is 1.47 bits per heavy atom. The van der Waals surface area contributed by atoms with Gasteiger partial charge in [-0.1, -0.05) is 31.2 Å². The molecule has 3 rings (SSSR count). The lowest BCUT2D eigenvalue weighted by atomic mass is 10.1. The molecule has 0 saturated heterocycles. The van der Waals surface area contributed by atoms with Crippen molar-refractivity contribution in [1.82, 2.24) is 0 Å². The molecule has 30 heavy (non-hydrogen) atoms. The largest absolute Gasteiger partial charge is 0.457 e. The summed E-state index contributed by atoms with van der Waals surface area (Å²) in [7, 11) is 0. The van der Waals surface area contributed by atoms with Crippen LogP contribution in [0.3, 0.4) is 0 Å². The van der Waals surface area contributed by atoms with E-state index in [0.717, 1.165) is 22.7 Å². The van der Waals surface area contributed by atoms with Crippen LogP contribution in [0, 0.1) is 6.92 Å². The zero-order chi connectivity index (χ0) is 21.3. The average Bonchev–Trinajstić information content (AvgIpc) is 2.76. The van der Waals surface area contributed by atoms with Crippen molar-refractivity contribution in [2.75, 3.05) is 22.5 Å². The van der Waals surface area contributed by atoms with Gasteiger partial charge in [-0.25, -0.2) is 0 Å². The molecule has 6 nitrogen and oxygen atoms in total. The fraction of sp³-hybridized carbons (Fsp3) is 0.167. The first-order chi connectivity index (χ1) is 14.5. The van der Waals surface area contributed by atoms with E-state index in [9.17, 15) is 9.59 Å². The minimum absolute atomic E-state index is 0.0484. The van der Waals surface area contributed by atoms with Crippen molar-refractivity contribution in [3.05, 3.63) is 78.4 Å². The number of carbonyl (C=O) groups is 2. The maximum atomic E-state index is 12.3. The third-order valence-corrected chi connectivity index (χ3v) is 4.40. The second-order valence-corrected chi connectivity index (χ2v) is 6.77. The molecular formula is C24H25N3O3. The van der Waals surface area contributed by atoms with Crippen LogP contribution in [0.5, 0.6) is 11.5 Å². The highest BCUT2D eigenvalue weighted by atomic mass is 16.5. The minimum Gasteiger partial charge on any atom is -0.457 e. The number of aryl methyl sites for hydroxylation is 1. The molecule has 0 atom stereocenters. The maximum absolute atomic E-state index is 12.3. The Morgan fingerprint density at radius 1 is 0.800 bits per heavy atom. The zero-order valence-electron chi connectivity index (χ0n) is 17.1. The average molecular weight is 403 g/mol. The summed E-state index contributed by atoms with van der Waals surface area (Å²) in [5.41, 5.74) is 3.14. The number of nitrogens with one attached hydrogen (secondary N) is 3. The van der Waals surface area contributed by atoms with Crippen LogP contribution in [-0.2, 0) is 9.59 Å². The Hall–Kier alpha value is -3.80. The van der Waals surface area contributed by atoms with Crippen molar-refractivity contribution in [2.45, 2.75) is 20.3 Å². The minimum atomic E-state index is -0.175. The number of ether oxygens (including phenoxy) is 1. The number of hydrogen-bond acceptors (Lipinski definition) is 4. The van der Waals surface area contributed by atoms with E-state index in [4.69, 9.17) is 4.74 Å². The molecule has 3 aromatic carbocycles. The molecule has 0 heterocycles. The number of amides is 2. The van der Waals surface area contributed by atoms with Gasteiger partial charge < -0.3 is 20.7 Å². The van der Waals surface area contributed by atoms with E-state index in [1.807, 2.05) is 55.5 Å². The number of hydrogen-bond donors (Lipinski definition) is 3. The molecule has 154 valence electrons. The predicted molar refractivity (Wildman–Crippen MR) is 120 cm³/mol. The maximum Gasteiger partial charge on any atom is 0.243 e. The van der Waals surface area contributed by atoms with Gasteiger partial charge in [-0.15, -0.1) is 0 Å². The molecule has 0 radical (unpaired) electrons. The molecule has 0 aliphatic heterocycles. The molecule has 0 aromatic heterocycles. The van der Waals surface area contributed by atoms with Crippen molar-refractivity contribution in [1.29, 1.82) is 0 Å². The van der Waals surface area contributed by atoms with Crippen molar-refractivity contribution in [3.63, 3.8) is 0 Å². The van der Waals surface area contributed by atoms with E-state index >= 15 is 0 Å². The van der Waals surface area contributed by atoms with Crippen molar-refractivity contribution in [2.24, 2.45) is 0 Å². The van der Waals surface area contributed by atoms with Gasteiger partial charge in [0.05, 0.1) is 6.54 Å². The Labute approximate surface area is 176 Å². The number of carbonyl (C=O) groups excluding carboxylic acids is 2. The van der Waals surface area contributed by atoms with Gasteiger partial charge in [0.15, 0.2) is 0 Å². The van der Waals surface area contributed by atoms with Crippen molar-refractivity contribution in [3.8, 4) is 11.5 Å². The monoisotopic (exact) mass is 403 g/mol. The van der Waals surface area contributed by atoms with E-state index in [-0.39, 0.29) is 18.4 Å². The number of anilines is 3. The smallest absolute Gasteiger partial charge is 0.243 e. The normalized spacial score (nSPS) is 10.2. The van der Waals surface area contributed by atoms with E-state index in [0.29, 0.717) is 17.9 Å². The van der Waals surface area contributed by atoms with Crippen molar-refractivity contribution < 1.29 is 14.3 Å². The van der Waals surface area contributed by atoms with Gasteiger partial charge in [-0.2, -0.15) is 0 Å². The second kappa shape index (κ2) is 10.1. The molecule has 3 N–H and O–H groups in total. The summed E-state index contributed by atoms with van der Waals surface area (Å²) >= 11 is 0. The van der Waals surface area contributed by atoms with Crippen LogP contribution in [0.4, 0.5) is 17.1 Å². The molecule has 0 aliphatic rings. The first kappa shape index (κ1) is 20.9. The Balaban J connectivity index is 1.52. The van der Waals surface area contributed by atoms with E-state index in [1.165, 1.54) is 0 Å².